The van der Waals surface area contributed by atoms with Crippen LogP contribution in [-0.2, 0) is 11.3 Å². The Kier molecular flexibility index (Phi) is 9.31. The zero-order valence-corrected chi connectivity index (χ0v) is 24.5. The van der Waals surface area contributed by atoms with Crippen molar-refractivity contribution in [2.75, 3.05) is 13.1 Å². The summed E-state index contributed by atoms with van der Waals surface area (Å²) in [5.41, 5.74) is 1.36. The molecule has 0 aliphatic carbocycles. The fraction of sp³-hybridized carbons (Fsp3) is 0.500. The molecule has 3 atom stereocenters. The van der Waals surface area contributed by atoms with E-state index < -0.39 is 6.04 Å². The number of fused-ring (bicyclic) bond motifs is 4. The zero-order valence-electron chi connectivity index (χ0n) is 23.7. The number of rotatable bonds is 4. The van der Waals surface area contributed by atoms with Gasteiger partial charge in [0.15, 0.2) is 5.69 Å². The van der Waals surface area contributed by atoms with Gasteiger partial charge in [-0.1, -0.05) is 33.8 Å². The van der Waals surface area contributed by atoms with Gasteiger partial charge < -0.3 is 20.4 Å². The van der Waals surface area contributed by atoms with E-state index in [-0.39, 0.29) is 65.5 Å². The fourth-order valence-corrected chi connectivity index (χ4v) is 5.64. The summed E-state index contributed by atoms with van der Waals surface area (Å²) in [6.07, 6.45) is 3.46. The van der Waals surface area contributed by atoms with Crippen molar-refractivity contribution in [2.24, 2.45) is 11.8 Å². The van der Waals surface area contributed by atoms with Crippen LogP contribution in [0.5, 0.6) is 0 Å². The van der Waals surface area contributed by atoms with Gasteiger partial charge in [0.2, 0.25) is 11.8 Å². The molecule has 4 heterocycles. The number of oxazole rings is 1. The van der Waals surface area contributed by atoms with Gasteiger partial charge in [-0.3, -0.25) is 24.3 Å². The van der Waals surface area contributed by atoms with Crippen molar-refractivity contribution in [3.05, 3.63) is 63.5 Å². The van der Waals surface area contributed by atoms with Crippen molar-refractivity contribution >= 4 is 29.1 Å². The van der Waals surface area contributed by atoms with Crippen LogP contribution in [0.3, 0.4) is 0 Å². The van der Waals surface area contributed by atoms with Gasteiger partial charge in [-0.05, 0) is 37.3 Å². The summed E-state index contributed by atoms with van der Waals surface area (Å²) >= 11 is 1.33. The highest BCUT2D eigenvalue weighted by molar-refractivity contribution is 7.09. The maximum atomic E-state index is 13.3. The average molecular weight is 568 g/mol. The number of amides is 3. The molecule has 0 unspecified atom stereocenters. The predicted octanol–water partition coefficient (Wildman–Crippen LogP) is 3.41. The van der Waals surface area contributed by atoms with Crippen LogP contribution in [0.1, 0.15) is 89.9 Å². The van der Waals surface area contributed by atoms with E-state index in [1.165, 1.54) is 11.3 Å². The Bertz CT molecular complexity index is 1340. The Morgan fingerprint density at radius 1 is 1.05 bits per heavy atom. The van der Waals surface area contributed by atoms with Gasteiger partial charge in [-0.25, -0.2) is 9.97 Å². The van der Waals surface area contributed by atoms with E-state index in [1.807, 2.05) is 51.7 Å². The molecule has 214 valence electrons. The highest BCUT2D eigenvalue weighted by Crippen LogP contribution is 2.27. The molecule has 0 saturated heterocycles. The number of aromatic nitrogens is 3. The number of nitrogens with one attached hydrogen (secondary N) is 3. The van der Waals surface area contributed by atoms with Crippen molar-refractivity contribution in [1.29, 1.82) is 0 Å². The summed E-state index contributed by atoms with van der Waals surface area (Å²) in [6.45, 7) is 12.4. The van der Waals surface area contributed by atoms with Crippen molar-refractivity contribution in [1.82, 2.24) is 35.8 Å². The molecule has 12 heteroatoms. The Balaban J connectivity index is 1.70. The van der Waals surface area contributed by atoms with Gasteiger partial charge in [0.25, 0.3) is 11.8 Å². The molecule has 40 heavy (non-hydrogen) atoms. The normalized spacial score (nSPS) is 21.5. The molecule has 3 aromatic rings. The molecule has 3 N–H and O–H groups in total. The standard InChI is InChI=1S/C28H37N7O4S/c1-15(2)22-27-34-24(18(6)39-27)26(38)30-17(5)11-35(12-19-8-7-9-29-10-19)13-21(36)32-23(16(3)4)28-31-20(14-40-28)25(37)33-22/h7-10,14-17,22-23H,11-13H2,1-6H3,(H,30,38)(H,32,36)(H,33,37)/t17-,22-,23+/m1/s1. The largest absolute Gasteiger partial charge is 0.443 e. The van der Waals surface area contributed by atoms with E-state index >= 15 is 0 Å². The number of pyridine rings is 1. The van der Waals surface area contributed by atoms with Gasteiger partial charge in [0.05, 0.1) is 12.6 Å². The van der Waals surface area contributed by atoms with Crippen molar-refractivity contribution in [3.63, 3.8) is 0 Å². The van der Waals surface area contributed by atoms with E-state index in [4.69, 9.17) is 4.42 Å². The van der Waals surface area contributed by atoms with Crippen LogP contribution in [0, 0.1) is 18.8 Å². The molecule has 3 aromatic heterocycles. The molecular formula is C28H37N7O4S. The highest BCUT2D eigenvalue weighted by Gasteiger charge is 2.30. The van der Waals surface area contributed by atoms with E-state index in [0.717, 1.165) is 5.56 Å². The van der Waals surface area contributed by atoms with E-state index in [2.05, 4.69) is 30.9 Å². The van der Waals surface area contributed by atoms with Crippen LogP contribution in [0.25, 0.3) is 0 Å². The molecule has 0 spiro atoms. The zero-order chi connectivity index (χ0) is 29.0. The number of hydrogen-bond donors (Lipinski definition) is 3. The quantitative estimate of drug-likeness (QED) is 0.435. The highest BCUT2D eigenvalue weighted by atomic mass is 32.1. The van der Waals surface area contributed by atoms with Crippen molar-refractivity contribution in [2.45, 2.75) is 66.2 Å². The second-order valence-electron chi connectivity index (χ2n) is 10.9. The molecule has 4 rings (SSSR count). The lowest BCUT2D eigenvalue weighted by atomic mass is 10.0. The molecule has 11 nitrogen and oxygen atoms in total. The lowest BCUT2D eigenvalue weighted by Gasteiger charge is -2.27. The Hall–Kier alpha value is -3.64. The van der Waals surface area contributed by atoms with Crippen LogP contribution in [0.2, 0.25) is 0 Å². The molecule has 0 aromatic carbocycles. The SMILES string of the molecule is Cc1oc2nc1C(=O)N[C@H](C)CN(Cc1cccnc1)CC(=O)N[C@@H](C(C)C)c1nc(cs1)C(=O)N[C@@H]2C(C)C. The molecule has 0 radical (unpaired) electrons. The second kappa shape index (κ2) is 12.7. The summed E-state index contributed by atoms with van der Waals surface area (Å²) in [7, 11) is 0. The minimum Gasteiger partial charge on any atom is -0.443 e. The van der Waals surface area contributed by atoms with Crippen LogP contribution in [0.4, 0.5) is 0 Å². The summed E-state index contributed by atoms with van der Waals surface area (Å²) < 4.78 is 5.88. The fourth-order valence-electron chi connectivity index (χ4n) is 4.62. The number of aryl methyl sites for hydroxylation is 1. The van der Waals surface area contributed by atoms with Gasteiger partial charge in [-0.2, -0.15) is 0 Å². The third kappa shape index (κ3) is 7.11. The summed E-state index contributed by atoms with van der Waals surface area (Å²) in [4.78, 5) is 54.9. The number of carbonyl (C=O) groups excluding carboxylic acids is 3. The third-order valence-corrected chi connectivity index (χ3v) is 7.58. The smallest absolute Gasteiger partial charge is 0.273 e. The summed E-state index contributed by atoms with van der Waals surface area (Å²) in [5.74, 6) is -0.345. The minimum absolute atomic E-state index is 0.0405. The Morgan fingerprint density at radius 2 is 1.80 bits per heavy atom. The molecule has 1 aliphatic heterocycles. The molecule has 1 aliphatic rings. The number of nitrogens with zero attached hydrogens (tertiary/aromatic N) is 4. The van der Waals surface area contributed by atoms with Crippen LogP contribution in [0.15, 0.2) is 34.3 Å². The summed E-state index contributed by atoms with van der Waals surface area (Å²) in [6, 6.07) is 2.56. The monoisotopic (exact) mass is 567 g/mol. The maximum Gasteiger partial charge on any atom is 0.273 e. The van der Waals surface area contributed by atoms with E-state index in [9.17, 15) is 14.4 Å². The van der Waals surface area contributed by atoms with Crippen LogP contribution in [-0.4, -0.2) is 56.7 Å². The molecule has 0 fully saturated rings. The lowest BCUT2D eigenvalue weighted by Crippen LogP contribution is -2.46. The topological polar surface area (TPSA) is 142 Å². The number of carbonyl (C=O) groups is 3. The maximum absolute atomic E-state index is 13.3. The number of hydrogen-bond acceptors (Lipinski definition) is 9. The molecule has 0 saturated carbocycles. The van der Waals surface area contributed by atoms with Gasteiger partial charge in [0.1, 0.15) is 22.5 Å². The first kappa shape index (κ1) is 29.3. The molecule has 4 bridgehead atoms. The van der Waals surface area contributed by atoms with Crippen LogP contribution < -0.4 is 16.0 Å². The summed E-state index contributed by atoms with van der Waals surface area (Å²) in [5, 5.41) is 11.4. The predicted molar refractivity (Wildman–Crippen MR) is 151 cm³/mol. The second-order valence-corrected chi connectivity index (χ2v) is 11.8. The van der Waals surface area contributed by atoms with Gasteiger partial charge >= 0.3 is 0 Å². The minimum atomic E-state index is -0.565. The van der Waals surface area contributed by atoms with Crippen LogP contribution >= 0.6 is 11.3 Å². The molecule has 3 amide bonds. The first-order chi connectivity index (χ1) is 19.0. The molecular weight excluding hydrogens is 530 g/mol. The number of thiazole rings is 1. The first-order valence-electron chi connectivity index (χ1n) is 13.5. The van der Waals surface area contributed by atoms with Crippen molar-refractivity contribution in [3.8, 4) is 0 Å². The third-order valence-electron chi connectivity index (χ3n) is 6.66. The van der Waals surface area contributed by atoms with Gasteiger partial charge in [-0.15, -0.1) is 11.3 Å². The van der Waals surface area contributed by atoms with Gasteiger partial charge in [0, 0.05) is 36.9 Å². The van der Waals surface area contributed by atoms with E-state index in [1.54, 1.807) is 24.7 Å². The lowest BCUT2D eigenvalue weighted by molar-refractivity contribution is -0.123. The Labute approximate surface area is 238 Å². The Morgan fingerprint density at radius 3 is 2.48 bits per heavy atom. The first-order valence-corrected chi connectivity index (χ1v) is 14.3. The van der Waals surface area contributed by atoms with Crippen molar-refractivity contribution < 1.29 is 18.8 Å². The van der Waals surface area contributed by atoms with E-state index in [0.29, 0.717) is 23.9 Å². The average Bonchev–Trinajstić information content (AvgIpc) is 3.52.